The van der Waals surface area contributed by atoms with Gasteiger partial charge in [-0.15, -0.1) is 24.0 Å². The van der Waals surface area contributed by atoms with Crippen LogP contribution >= 0.6 is 24.0 Å². The number of nitrogens with one attached hydrogen (secondary N) is 3. The second-order valence-corrected chi connectivity index (χ2v) is 6.39. The number of rotatable bonds is 6. The molecular formula is C15H32IN5O. The van der Waals surface area contributed by atoms with Gasteiger partial charge in [0.15, 0.2) is 5.96 Å². The maximum absolute atomic E-state index is 12.0. The molecular weight excluding hydrogens is 393 g/mol. The standard InChI is InChI=1S/C15H31N5O.HI/c1-5-16-14(17-8-9-19-15(2,3)4)18-12-13(21)20-10-6-7-11-20;/h19H,5-12H2,1-4H3,(H2,16,17,18);1H. The van der Waals surface area contributed by atoms with Crippen LogP contribution in [-0.2, 0) is 4.79 Å². The van der Waals surface area contributed by atoms with Crippen molar-refractivity contribution in [2.24, 2.45) is 4.99 Å². The normalized spacial score (nSPS) is 15.5. The summed E-state index contributed by atoms with van der Waals surface area (Å²) in [6.45, 7) is 12.9. The molecule has 1 rings (SSSR count). The Hall–Kier alpha value is -0.570. The highest BCUT2D eigenvalue weighted by Crippen LogP contribution is 2.07. The van der Waals surface area contributed by atoms with E-state index in [4.69, 9.17) is 0 Å². The highest BCUT2D eigenvalue weighted by Gasteiger charge is 2.17. The maximum Gasteiger partial charge on any atom is 0.244 e. The Morgan fingerprint density at radius 1 is 1.14 bits per heavy atom. The third-order valence-electron chi connectivity index (χ3n) is 3.25. The zero-order valence-electron chi connectivity index (χ0n) is 14.4. The quantitative estimate of drug-likeness (QED) is 0.259. The molecule has 0 aromatic carbocycles. The van der Waals surface area contributed by atoms with Crippen molar-refractivity contribution in [3.8, 4) is 0 Å². The van der Waals surface area contributed by atoms with Gasteiger partial charge in [0.2, 0.25) is 5.91 Å². The number of likely N-dealkylation sites (tertiary alicyclic amines) is 1. The number of aliphatic imine (C=N–C) groups is 1. The van der Waals surface area contributed by atoms with Crippen molar-refractivity contribution in [1.29, 1.82) is 0 Å². The Labute approximate surface area is 151 Å². The second-order valence-electron chi connectivity index (χ2n) is 6.39. The fourth-order valence-electron chi connectivity index (χ4n) is 2.17. The molecule has 7 heteroatoms. The van der Waals surface area contributed by atoms with Crippen molar-refractivity contribution in [2.45, 2.75) is 46.1 Å². The van der Waals surface area contributed by atoms with E-state index >= 15 is 0 Å². The van der Waals surface area contributed by atoms with E-state index in [1.807, 2.05) is 11.8 Å². The van der Waals surface area contributed by atoms with Crippen molar-refractivity contribution >= 4 is 35.8 Å². The predicted molar refractivity (Wildman–Crippen MR) is 103 cm³/mol. The Bertz CT molecular complexity index is 348. The molecule has 0 atom stereocenters. The zero-order valence-corrected chi connectivity index (χ0v) is 16.7. The number of amides is 1. The minimum atomic E-state index is 0. The average molecular weight is 425 g/mol. The van der Waals surface area contributed by atoms with Crippen LogP contribution in [0.5, 0.6) is 0 Å². The molecule has 0 spiro atoms. The minimum absolute atomic E-state index is 0. The van der Waals surface area contributed by atoms with Gasteiger partial charge in [-0.25, -0.2) is 4.99 Å². The van der Waals surface area contributed by atoms with Crippen LogP contribution in [-0.4, -0.2) is 61.6 Å². The predicted octanol–water partition coefficient (Wildman–Crippen LogP) is 1.17. The van der Waals surface area contributed by atoms with Gasteiger partial charge in [-0.05, 0) is 40.5 Å². The lowest BCUT2D eigenvalue weighted by molar-refractivity contribution is -0.128. The van der Waals surface area contributed by atoms with E-state index in [2.05, 4.69) is 41.7 Å². The fraction of sp³-hybridized carbons (Fsp3) is 0.867. The number of carbonyl (C=O) groups is 1. The second kappa shape index (κ2) is 11.0. The van der Waals surface area contributed by atoms with Crippen molar-refractivity contribution in [3.05, 3.63) is 0 Å². The van der Waals surface area contributed by atoms with Gasteiger partial charge in [-0.2, -0.15) is 0 Å². The summed E-state index contributed by atoms with van der Waals surface area (Å²) < 4.78 is 0. The van der Waals surface area contributed by atoms with Gasteiger partial charge in [0.25, 0.3) is 0 Å². The molecule has 1 heterocycles. The van der Waals surface area contributed by atoms with Gasteiger partial charge < -0.3 is 20.9 Å². The van der Waals surface area contributed by atoms with Gasteiger partial charge in [0, 0.05) is 38.3 Å². The monoisotopic (exact) mass is 425 g/mol. The number of halogens is 1. The van der Waals surface area contributed by atoms with E-state index in [1.165, 1.54) is 0 Å². The molecule has 0 radical (unpaired) electrons. The van der Waals surface area contributed by atoms with Crippen LogP contribution in [0.1, 0.15) is 40.5 Å². The molecule has 22 heavy (non-hydrogen) atoms. The van der Waals surface area contributed by atoms with E-state index in [0.29, 0.717) is 5.96 Å². The van der Waals surface area contributed by atoms with Crippen LogP contribution in [0.3, 0.4) is 0 Å². The van der Waals surface area contributed by atoms with E-state index in [0.717, 1.165) is 45.6 Å². The summed E-state index contributed by atoms with van der Waals surface area (Å²) in [7, 11) is 0. The number of hydrogen-bond donors (Lipinski definition) is 3. The molecule has 130 valence electrons. The van der Waals surface area contributed by atoms with Crippen molar-refractivity contribution < 1.29 is 4.79 Å². The molecule has 0 saturated carbocycles. The first-order valence-electron chi connectivity index (χ1n) is 7.97. The fourth-order valence-corrected chi connectivity index (χ4v) is 2.17. The topological polar surface area (TPSA) is 68.8 Å². The van der Waals surface area contributed by atoms with Crippen LogP contribution in [0.15, 0.2) is 4.99 Å². The van der Waals surface area contributed by atoms with Gasteiger partial charge in [-0.1, -0.05) is 0 Å². The summed E-state index contributed by atoms with van der Waals surface area (Å²) in [6, 6.07) is 0. The third kappa shape index (κ3) is 9.45. The highest BCUT2D eigenvalue weighted by molar-refractivity contribution is 14.0. The molecule has 1 aliphatic heterocycles. The molecule has 0 aromatic rings. The molecule has 1 fully saturated rings. The summed E-state index contributed by atoms with van der Waals surface area (Å²) >= 11 is 0. The first kappa shape index (κ1) is 21.4. The van der Waals surface area contributed by atoms with Crippen LogP contribution in [0, 0.1) is 0 Å². The van der Waals surface area contributed by atoms with Gasteiger partial charge in [-0.3, -0.25) is 4.79 Å². The molecule has 3 N–H and O–H groups in total. The molecule has 0 unspecified atom stereocenters. The summed E-state index contributed by atoms with van der Waals surface area (Å²) in [5, 5.41) is 9.82. The summed E-state index contributed by atoms with van der Waals surface area (Å²) in [5.41, 5.74) is 0.114. The van der Waals surface area contributed by atoms with E-state index < -0.39 is 0 Å². The molecule has 1 amide bonds. The minimum Gasteiger partial charge on any atom is -0.357 e. The van der Waals surface area contributed by atoms with Crippen molar-refractivity contribution in [1.82, 2.24) is 20.9 Å². The van der Waals surface area contributed by atoms with Crippen LogP contribution in [0.2, 0.25) is 0 Å². The number of guanidine groups is 1. The molecule has 1 saturated heterocycles. The average Bonchev–Trinajstić information content (AvgIpc) is 2.93. The van der Waals surface area contributed by atoms with Crippen molar-refractivity contribution in [3.63, 3.8) is 0 Å². The lowest BCUT2D eigenvalue weighted by atomic mass is 10.1. The highest BCUT2D eigenvalue weighted by atomic mass is 127. The summed E-state index contributed by atoms with van der Waals surface area (Å²) in [6.07, 6.45) is 2.23. The molecule has 0 bridgehead atoms. The molecule has 6 nitrogen and oxygen atoms in total. The Kier molecular flexibility index (Phi) is 10.8. The van der Waals surface area contributed by atoms with E-state index in [1.54, 1.807) is 0 Å². The lowest BCUT2D eigenvalue weighted by Crippen LogP contribution is -2.45. The summed E-state index contributed by atoms with van der Waals surface area (Å²) in [4.78, 5) is 18.2. The number of carbonyl (C=O) groups excluding carboxylic acids is 1. The largest absolute Gasteiger partial charge is 0.357 e. The zero-order chi connectivity index (χ0) is 15.7. The lowest BCUT2D eigenvalue weighted by Gasteiger charge is -2.21. The van der Waals surface area contributed by atoms with Gasteiger partial charge >= 0.3 is 0 Å². The smallest absolute Gasteiger partial charge is 0.244 e. The van der Waals surface area contributed by atoms with Gasteiger partial charge in [0.05, 0.1) is 0 Å². The molecule has 0 aliphatic carbocycles. The van der Waals surface area contributed by atoms with E-state index in [-0.39, 0.29) is 42.0 Å². The van der Waals surface area contributed by atoms with Crippen LogP contribution in [0.4, 0.5) is 0 Å². The number of hydrogen-bond acceptors (Lipinski definition) is 3. The van der Waals surface area contributed by atoms with Gasteiger partial charge in [0.1, 0.15) is 6.54 Å². The molecule has 0 aromatic heterocycles. The Morgan fingerprint density at radius 2 is 1.77 bits per heavy atom. The van der Waals surface area contributed by atoms with E-state index in [9.17, 15) is 4.79 Å². The Morgan fingerprint density at radius 3 is 2.32 bits per heavy atom. The van der Waals surface area contributed by atoms with Crippen LogP contribution in [0.25, 0.3) is 0 Å². The Balaban J connectivity index is 0.00000441. The molecule has 1 aliphatic rings. The first-order chi connectivity index (χ1) is 9.92. The van der Waals surface area contributed by atoms with Crippen LogP contribution < -0.4 is 16.0 Å². The SMILES string of the molecule is CCNC(=NCC(=O)N1CCCC1)NCCNC(C)(C)C.I. The van der Waals surface area contributed by atoms with Crippen molar-refractivity contribution in [2.75, 3.05) is 39.3 Å². The maximum atomic E-state index is 12.0. The first-order valence-corrected chi connectivity index (χ1v) is 7.97. The summed E-state index contributed by atoms with van der Waals surface area (Å²) in [5.74, 6) is 0.832. The third-order valence-corrected chi connectivity index (χ3v) is 3.25. The number of nitrogens with zero attached hydrogens (tertiary/aromatic N) is 2.